The summed E-state index contributed by atoms with van der Waals surface area (Å²) < 4.78 is 5.15. The Bertz CT molecular complexity index is 1240. The third kappa shape index (κ3) is 8.24. The first kappa shape index (κ1) is 29.0. The zero-order chi connectivity index (χ0) is 27.5. The van der Waals surface area contributed by atoms with Gasteiger partial charge in [-0.1, -0.05) is 26.0 Å². The van der Waals surface area contributed by atoms with Crippen LogP contribution < -0.4 is 15.5 Å². The molecule has 0 radical (unpaired) electrons. The van der Waals surface area contributed by atoms with E-state index < -0.39 is 0 Å². The molecule has 0 bridgehead atoms. The van der Waals surface area contributed by atoms with Crippen molar-refractivity contribution in [2.45, 2.75) is 27.3 Å². The van der Waals surface area contributed by atoms with Crippen molar-refractivity contribution in [2.75, 3.05) is 45.7 Å². The molecule has 202 valence electrons. The summed E-state index contributed by atoms with van der Waals surface area (Å²) in [7, 11) is 3.69. The monoisotopic (exact) mass is 535 g/mol. The van der Waals surface area contributed by atoms with E-state index in [0.717, 1.165) is 55.2 Å². The lowest BCUT2D eigenvalue weighted by Crippen LogP contribution is -2.32. The van der Waals surface area contributed by atoms with E-state index in [-0.39, 0.29) is 11.8 Å². The van der Waals surface area contributed by atoms with Gasteiger partial charge in [0.05, 0.1) is 18.9 Å². The van der Waals surface area contributed by atoms with Crippen LogP contribution in [0.2, 0.25) is 0 Å². The smallest absolute Gasteiger partial charge is 0.274 e. The highest BCUT2D eigenvalue weighted by molar-refractivity contribution is 7.15. The Morgan fingerprint density at radius 3 is 2.47 bits per heavy atom. The van der Waals surface area contributed by atoms with Crippen LogP contribution in [0, 0.1) is 6.92 Å². The molecule has 3 aromatic rings. The molecule has 0 aliphatic carbocycles. The average molecular weight is 536 g/mol. The van der Waals surface area contributed by atoms with Crippen LogP contribution in [0.15, 0.2) is 59.0 Å². The molecule has 0 fully saturated rings. The fourth-order valence-corrected chi connectivity index (χ4v) is 4.89. The van der Waals surface area contributed by atoms with Gasteiger partial charge in [-0.2, -0.15) is 5.10 Å². The molecular formula is C29H37N5O3S. The molecule has 0 spiro atoms. The fourth-order valence-electron chi connectivity index (χ4n) is 3.96. The van der Waals surface area contributed by atoms with Gasteiger partial charge in [-0.05, 0) is 85.5 Å². The molecule has 2 aromatic carbocycles. The van der Waals surface area contributed by atoms with Gasteiger partial charge in [0.15, 0.2) is 0 Å². The number of nitrogens with one attached hydrogen (secondary N) is 2. The Hall–Kier alpha value is -3.53. The van der Waals surface area contributed by atoms with Crippen LogP contribution in [0.5, 0.6) is 5.75 Å². The minimum atomic E-state index is -0.382. The first-order chi connectivity index (χ1) is 18.3. The highest BCUT2D eigenvalue weighted by Crippen LogP contribution is 2.28. The second-order valence-electron chi connectivity index (χ2n) is 9.01. The maximum atomic E-state index is 13.1. The summed E-state index contributed by atoms with van der Waals surface area (Å²) in [5.74, 6) is 0.107. The van der Waals surface area contributed by atoms with E-state index in [2.05, 4.69) is 46.5 Å². The van der Waals surface area contributed by atoms with Crippen LogP contribution in [-0.4, -0.2) is 68.2 Å². The summed E-state index contributed by atoms with van der Waals surface area (Å²) in [6, 6.07) is 14.9. The number of carbonyl (C=O) groups excluding carboxylic acids is 2. The molecule has 0 aliphatic heterocycles. The molecule has 8 nitrogen and oxygen atoms in total. The summed E-state index contributed by atoms with van der Waals surface area (Å²) in [6.07, 6.45) is 1.56. The molecule has 1 aromatic heterocycles. The minimum absolute atomic E-state index is 0.254. The van der Waals surface area contributed by atoms with Crippen LogP contribution in [0.25, 0.3) is 0 Å². The lowest BCUT2D eigenvalue weighted by atomic mass is 10.1. The number of likely N-dealkylation sites (N-methyl/N-ethyl adjacent to an activating group) is 2. The highest BCUT2D eigenvalue weighted by Gasteiger charge is 2.19. The number of carbonyl (C=O) groups is 2. The highest BCUT2D eigenvalue weighted by atomic mass is 32.1. The first-order valence-electron chi connectivity index (χ1n) is 12.7. The Morgan fingerprint density at radius 2 is 1.79 bits per heavy atom. The van der Waals surface area contributed by atoms with E-state index in [1.165, 1.54) is 11.3 Å². The van der Waals surface area contributed by atoms with E-state index in [4.69, 9.17) is 4.74 Å². The van der Waals surface area contributed by atoms with Crippen molar-refractivity contribution in [2.24, 2.45) is 5.10 Å². The number of anilines is 1. The SMILES string of the molecule is CCN(CC)CCN(C)Cc1cccc(C(=O)Nc2scc(C)c2C(=O)NN=Cc2ccc(OC)cc2)c1. The molecule has 0 atom stereocenters. The number of thiophene rings is 1. The molecule has 0 saturated heterocycles. The van der Waals surface area contributed by atoms with Crippen molar-refractivity contribution < 1.29 is 14.3 Å². The van der Waals surface area contributed by atoms with E-state index in [9.17, 15) is 9.59 Å². The number of rotatable bonds is 13. The summed E-state index contributed by atoms with van der Waals surface area (Å²) in [5, 5.41) is 9.32. The van der Waals surface area contributed by atoms with Crippen molar-refractivity contribution in [1.29, 1.82) is 0 Å². The molecular weight excluding hydrogens is 498 g/mol. The number of aryl methyl sites for hydroxylation is 1. The number of ether oxygens (including phenoxy) is 1. The second-order valence-corrected chi connectivity index (χ2v) is 9.89. The van der Waals surface area contributed by atoms with E-state index in [1.807, 2.05) is 54.8 Å². The Labute approximate surface area is 229 Å². The Morgan fingerprint density at radius 1 is 1.05 bits per heavy atom. The lowest BCUT2D eigenvalue weighted by Gasteiger charge is -2.23. The number of nitrogens with zero attached hydrogens (tertiary/aromatic N) is 3. The molecule has 2 amide bonds. The molecule has 3 rings (SSSR count). The molecule has 0 saturated carbocycles. The zero-order valence-electron chi connectivity index (χ0n) is 22.8. The normalized spacial score (nSPS) is 11.3. The third-order valence-corrected chi connectivity index (χ3v) is 7.27. The molecule has 0 aliphatic rings. The van der Waals surface area contributed by atoms with Crippen molar-refractivity contribution in [3.05, 3.63) is 81.7 Å². The molecule has 2 N–H and O–H groups in total. The first-order valence-corrected chi connectivity index (χ1v) is 13.6. The summed E-state index contributed by atoms with van der Waals surface area (Å²) >= 11 is 1.32. The Balaban J connectivity index is 1.62. The number of methoxy groups -OCH3 is 1. The van der Waals surface area contributed by atoms with Crippen LogP contribution in [0.4, 0.5) is 5.00 Å². The van der Waals surface area contributed by atoms with E-state index >= 15 is 0 Å². The predicted molar refractivity (Wildman–Crippen MR) is 156 cm³/mol. The molecule has 9 heteroatoms. The van der Waals surface area contributed by atoms with E-state index in [1.54, 1.807) is 19.4 Å². The van der Waals surface area contributed by atoms with Gasteiger partial charge >= 0.3 is 0 Å². The van der Waals surface area contributed by atoms with Gasteiger partial charge < -0.3 is 19.9 Å². The van der Waals surface area contributed by atoms with Crippen molar-refractivity contribution in [1.82, 2.24) is 15.2 Å². The maximum Gasteiger partial charge on any atom is 0.274 e. The molecule has 1 heterocycles. The van der Waals surface area contributed by atoms with Crippen LogP contribution in [-0.2, 0) is 6.54 Å². The van der Waals surface area contributed by atoms with Crippen LogP contribution in [0.3, 0.4) is 0 Å². The Kier molecular flexibility index (Phi) is 11.0. The van der Waals surface area contributed by atoms with Gasteiger partial charge in [-0.15, -0.1) is 11.3 Å². The molecule has 0 unspecified atom stereocenters. The van der Waals surface area contributed by atoms with Gasteiger partial charge in [0, 0.05) is 25.2 Å². The third-order valence-electron chi connectivity index (χ3n) is 6.26. The van der Waals surface area contributed by atoms with Crippen LogP contribution >= 0.6 is 11.3 Å². The fraction of sp³-hybridized carbons (Fsp3) is 0.345. The quantitative estimate of drug-likeness (QED) is 0.241. The second kappa shape index (κ2) is 14.4. The summed E-state index contributed by atoms with van der Waals surface area (Å²) in [4.78, 5) is 30.6. The van der Waals surface area contributed by atoms with Crippen molar-refractivity contribution in [3.63, 3.8) is 0 Å². The molecule has 38 heavy (non-hydrogen) atoms. The largest absolute Gasteiger partial charge is 0.497 e. The zero-order valence-corrected chi connectivity index (χ0v) is 23.6. The maximum absolute atomic E-state index is 13.1. The average Bonchev–Trinajstić information content (AvgIpc) is 3.29. The van der Waals surface area contributed by atoms with Gasteiger partial charge in [0.25, 0.3) is 11.8 Å². The van der Waals surface area contributed by atoms with Gasteiger partial charge in [0.1, 0.15) is 10.8 Å². The minimum Gasteiger partial charge on any atom is -0.497 e. The van der Waals surface area contributed by atoms with Gasteiger partial charge in [-0.3, -0.25) is 9.59 Å². The predicted octanol–water partition coefficient (Wildman–Crippen LogP) is 4.85. The number of hydrogen-bond acceptors (Lipinski definition) is 7. The van der Waals surface area contributed by atoms with Gasteiger partial charge in [0.2, 0.25) is 0 Å². The standard InChI is InChI=1S/C29H37N5O3S/c1-6-34(7-2)16-15-33(4)19-23-9-8-10-24(17-23)27(35)31-29-26(21(3)20-38-29)28(36)32-30-18-22-11-13-25(37-5)14-12-22/h8-14,17-18,20H,6-7,15-16,19H2,1-5H3,(H,31,35)(H,32,36). The summed E-state index contributed by atoms with van der Waals surface area (Å²) in [6.45, 7) is 11.0. The number of benzene rings is 2. The topological polar surface area (TPSA) is 86.3 Å². The number of hydrogen-bond donors (Lipinski definition) is 2. The van der Waals surface area contributed by atoms with Crippen molar-refractivity contribution >= 4 is 34.4 Å². The van der Waals surface area contributed by atoms with Gasteiger partial charge in [-0.25, -0.2) is 5.43 Å². The van der Waals surface area contributed by atoms with E-state index in [0.29, 0.717) is 16.1 Å². The number of hydrazone groups is 1. The number of amides is 2. The lowest BCUT2D eigenvalue weighted by molar-refractivity contribution is 0.0956. The van der Waals surface area contributed by atoms with Crippen LogP contribution in [0.1, 0.15) is 51.3 Å². The van der Waals surface area contributed by atoms with Crippen molar-refractivity contribution in [3.8, 4) is 5.75 Å². The summed E-state index contributed by atoms with van der Waals surface area (Å²) in [5.41, 5.74) is 6.17.